The summed E-state index contributed by atoms with van der Waals surface area (Å²) in [6, 6.07) is 1.69. The topological polar surface area (TPSA) is 123 Å². The minimum atomic E-state index is -4.81. The SMILES string of the molecule is CC(C)(/C=C/n1ncc(C(=O)NC2C3CC4CC2CC(OC(N)=O)(C4)C3)c1C(F)(F)F)CC#N. The van der Waals surface area contributed by atoms with E-state index in [-0.39, 0.29) is 24.3 Å². The molecule has 1 heterocycles. The Kier molecular flexibility index (Phi) is 5.90. The number of nitrogens with one attached hydrogen (secondary N) is 1. The molecule has 1 aromatic heterocycles. The van der Waals surface area contributed by atoms with Crippen LogP contribution in [0.3, 0.4) is 0 Å². The fourth-order valence-electron chi connectivity index (χ4n) is 6.21. The Bertz CT molecular complexity index is 1040. The van der Waals surface area contributed by atoms with Crippen LogP contribution in [0.2, 0.25) is 0 Å². The number of alkyl halides is 3. The predicted octanol–water partition coefficient (Wildman–Crippen LogP) is 4.08. The molecule has 0 radical (unpaired) electrons. The standard InChI is InChI=1S/C23H28F3N5O3/c1-21(2,3-5-27)4-6-31-18(23(24,25)26)16(12-29-31)19(32)30-17-14-7-13-8-15(17)11-22(9-13,10-14)34-20(28)33/h4,6,12-15,17H,3,7-11H2,1-2H3,(H2,28,33)(H,30,32)/b6-4+. The largest absolute Gasteiger partial charge is 0.443 e. The molecule has 3 N–H and O–H groups in total. The van der Waals surface area contributed by atoms with Gasteiger partial charge < -0.3 is 15.8 Å². The maximum absolute atomic E-state index is 13.9. The van der Waals surface area contributed by atoms with Crippen LogP contribution in [0.4, 0.5) is 18.0 Å². The van der Waals surface area contributed by atoms with Gasteiger partial charge in [-0.3, -0.25) is 4.79 Å². The van der Waals surface area contributed by atoms with Crippen LogP contribution in [0.5, 0.6) is 0 Å². The minimum Gasteiger partial charge on any atom is -0.443 e. The van der Waals surface area contributed by atoms with Crippen molar-refractivity contribution in [3.8, 4) is 6.07 Å². The van der Waals surface area contributed by atoms with Gasteiger partial charge in [-0.15, -0.1) is 0 Å². The number of primary amides is 1. The molecule has 8 nitrogen and oxygen atoms in total. The summed E-state index contributed by atoms with van der Waals surface area (Å²) in [4.78, 5) is 24.4. The van der Waals surface area contributed by atoms with Crippen molar-refractivity contribution >= 4 is 18.2 Å². The highest BCUT2D eigenvalue weighted by Crippen LogP contribution is 2.57. The van der Waals surface area contributed by atoms with Gasteiger partial charge in [0.2, 0.25) is 0 Å². The molecular formula is C23H28F3N5O3. The zero-order valence-electron chi connectivity index (χ0n) is 19.1. The third kappa shape index (κ3) is 4.63. The summed E-state index contributed by atoms with van der Waals surface area (Å²) in [5, 5.41) is 15.5. The molecule has 4 aliphatic carbocycles. The molecule has 184 valence electrons. The van der Waals surface area contributed by atoms with Crippen molar-refractivity contribution in [3.05, 3.63) is 23.5 Å². The summed E-state index contributed by atoms with van der Waals surface area (Å²) in [5.74, 6) is -0.470. The van der Waals surface area contributed by atoms with E-state index in [4.69, 9.17) is 15.7 Å². The second kappa shape index (κ2) is 8.32. The first-order valence-corrected chi connectivity index (χ1v) is 11.3. The maximum atomic E-state index is 13.9. The van der Waals surface area contributed by atoms with Crippen molar-refractivity contribution < 1.29 is 27.5 Å². The number of halogens is 3. The zero-order chi connectivity index (χ0) is 24.9. The van der Waals surface area contributed by atoms with E-state index < -0.39 is 40.5 Å². The highest BCUT2D eigenvalue weighted by atomic mass is 19.4. The van der Waals surface area contributed by atoms with E-state index in [2.05, 4.69) is 10.4 Å². The highest BCUT2D eigenvalue weighted by molar-refractivity contribution is 5.95. The molecule has 1 aromatic rings. The van der Waals surface area contributed by atoms with E-state index in [1.807, 2.05) is 6.07 Å². The number of nitrogens with two attached hydrogens (primary N) is 1. The Hall–Kier alpha value is -3.03. The quantitative estimate of drug-likeness (QED) is 0.636. The number of hydrogen-bond acceptors (Lipinski definition) is 5. The Morgan fingerprint density at radius 2 is 1.97 bits per heavy atom. The summed E-state index contributed by atoms with van der Waals surface area (Å²) in [6.45, 7) is 3.44. The van der Waals surface area contributed by atoms with Gasteiger partial charge >= 0.3 is 12.3 Å². The number of ether oxygens (including phenoxy) is 1. The molecule has 4 saturated carbocycles. The monoisotopic (exact) mass is 479 g/mol. The first-order valence-electron chi connectivity index (χ1n) is 11.3. The van der Waals surface area contributed by atoms with Crippen LogP contribution in [0.1, 0.15) is 68.4 Å². The van der Waals surface area contributed by atoms with E-state index in [0.29, 0.717) is 23.4 Å². The molecule has 0 aliphatic heterocycles. The van der Waals surface area contributed by atoms with Gasteiger partial charge in [0.05, 0.1) is 17.8 Å². The second-order valence-electron chi connectivity index (χ2n) is 10.6. The molecule has 5 rings (SSSR count). The number of nitriles is 1. The Morgan fingerprint density at radius 1 is 1.32 bits per heavy atom. The smallest absolute Gasteiger partial charge is 0.434 e. The molecule has 2 amide bonds. The molecule has 4 aliphatic rings. The lowest BCUT2D eigenvalue weighted by molar-refractivity contribution is -0.143. The third-order valence-corrected chi connectivity index (χ3v) is 7.34. The van der Waals surface area contributed by atoms with E-state index in [1.54, 1.807) is 13.8 Å². The van der Waals surface area contributed by atoms with Gasteiger partial charge in [0, 0.05) is 18.7 Å². The summed E-state index contributed by atoms with van der Waals surface area (Å²) < 4.78 is 47.9. The van der Waals surface area contributed by atoms with Crippen molar-refractivity contribution in [2.75, 3.05) is 0 Å². The minimum absolute atomic E-state index is 0.00519. The number of aromatic nitrogens is 2. The number of amides is 2. The van der Waals surface area contributed by atoms with Crippen molar-refractivity contribution in [2.24, 2.45) is 28.9 Å². The predicted molar refractivity (Wildman–Crippen MR) is 115 cm³/mol. The summed E-state index contributed by atoms with van der Waals surface area (Å²) in [5.41, 5.74) is 2.27. The fourth-order valence-corrected chi connectivity index (χ4v) is 6.21. The molecule has 0 aromatic carbocycles. The first kappa shape index (κ1) is 24.1. The lowest BCUT2D eigenvalue weighted by Crippen LogP contribution is -2.63. The van der Waals surface area contributed by atoms with Gasteiger partial charge in [-0.2, -0.15) is 23.5 Å². The van der Waals surface area contributed by atoms with Crippen molar-refractivity contribution in [2.45, 2.75) is 70.2 Å². The van der Waals surface area contributed by atoms with E-state index >= 15 is 0 Å². The van der Waals surface area contributed by atoms with Gasteiger partial charge in [-0.1, -0.05) is 19.9 Å². The van der Waals surface area contributed by atoms with Gasteiger partial charge in [-0.25, -0.2) is 9.48 Å². The summed E-state index contributed by atoms with van der Waals surface area (Å²) >= 11 is 0. The van der Waals surface area contributed by atoms with Gasteiger partial charge in [0.15, 0.2) is 5.69 Å². The second-order valence-corrected chi connectivity index (χ2v) is 10.6. The number of carbonyl (C=O) groups excluding carboxylic acids is 2. The molecular weight excluding hydrogens is 451 g/mol. The van der Waals surface area contributed by atoms with Crippen LogP contribution in [0, 0.1) is 34.5 Å². The van der Waals surface area contributed by atoms with Crippen LogP contribution in [-0.4, -0.2) is 33.4 Å². The fraction of sp³-hybridized carbons (Fsp3) is 0.652. The molecule has 34 heavy (non-hydrogen) atoms. The molecule has 4 fully saturated rings. The number of nitrogens with zero attached hydrogens (tertiary/aromatic N) is 3. The number of carbonyl (C=O) groups is 2. The summed E-state index contributed by atoms with van der Waals surface area (Å²) in [6.07, 6.45) is 1.49. The Morgan fingerprint density at radius 3 is 2.53 bits per heavy atom. The van der Waals surface area contributed by atoms with Crippen LogP contribution in [0.15, 0.2) is 12.3 Å². The lowest BCUT2D eigenvalue weighted by Gasteiger charge is -2.58. The lowest BCUT2D eigenvalue weighted by atomic mass is 9.52. The molecule has 0 spiro atoms. The van der Waals surface area contributed by atoms with Crippen molar-refractivity contribution in [3.63, 3.8) is 0 Å². The average Bonchev–Trinajstić information content (AvgIpc) is 3.12. The third-order valence-electron chi connectivity index (χ3n) is 7.34. The average molecular weight is 480 g/mol. The Balaban J connectivity index is 1.55. The van der Waals surface area contributed by atoms with Crippen LogP contribution in [-0.2, 0) is 10.9 Å². The van der Waals surface area contributed by atoms with Crippen LogP contribution >= 0.6 is 0 Å². The highest BCUT2D eigenvalue weighted by Gasteiger charge is 2.57. The zero-order valence-corrected chi connectivity index (χ0v) is 19.1. The Labute approximate surface area is 195 Å². The summed E-state index contributed by atoms with van der Waals surface area (Å²) in [7, 11) is 0. The van der Waals surface area contributed by atoms with Crippen molar-refractivity contribution in [1.82, 2.24) is 15.1 Å². The maximum Gasteiger partial charge on any atom is 0.434 e. The van der Waals surface area contributed by atoms with Gasteiger partial charge in [0.25, 0.3) is 5.91 Å². The number of allylic oxidation sites excluding steroid dienone is 1. The van der Waals surface area contributed by atoms with Gasteiger partial charge in [-0.05, 0) is 55.3 Å². The van der Waals surface area contributed by atoms with Crippen molar-refractivity contribution in [1.29, 1.82) is 5.26 Å². The molecule has 0 saturated heterocycles. The number of hydrogen-bond donors (Lipinski definition) is 2. The molecule has 2 unspecified atom stereocenters. The van der Waals surface area contributed by atoms with Crippen LogP contribution in [0.25, 0.3) is 6.20 Å². The first-order chi connectivity index (χ1) is 15.8. The van der Waals surface area contributed by atoms with Gasteiger partial charge in [0.1, 0.15) is 5.60 Å². The van der Waals surface area contributed by atoms with E-state index in [9.17, 15) is 22.8 Å². The molecule has 4 bridgehead atoms. The van der Waals surface area contributed by atoms with E-state index in [0.717, 1.165) is 31.7 Å². The number of rotatable bonds is 6. The molecule has 11 heteroatoms. The molecule has 2 atom stereocenters. The normalized spacial score (nSPS) is 30.4. The van der Waals surface area contributed by atoms with E-state index in [1.165, 1.54) is 6.08 Å². The van der Waals surface area contributed by atoms with Crippen LogP contribution < -0.4 is 11.1 Å².